The Labute approximate surface area is 136 Å². The maximum Gasteiger partial charge on any atom is 0.307 e. The van der Waals surface area contributed by atoms with E-state index in [9.17, 15) is 9.90 Å². The third-order valence-electron chi connectivity index (χ3n) is 4.70. The molecule has 0 unspecified atom stereocenters. The predicted molar refractivity (Wildman–Crippen MR) is 88.2 cm³/mol. The van der Waals surface area contributed by atoms with Crippen LogP contribution in [0.5, 0.6) is 0 Å². The lowest BCUT2D eigenvalue weighted by Gasteiger charge is -2.39. The molecule has 0 amide bonds. The molecular formula is C19H21NO3. The third-order valence-corrected chi connectivity index (χ3v) is 4.70. The van der Waals surface area contributed by atoms with Crippen LogP contribution in [0.25, 0.3) is 0 Å². The van der Waals surface area contributed by atoms with E-state index in [0.29, 0.717) is 13.0 Å². The van der Waals surface area contributed by atoms with Crippen LogP contribution in [-0.2, 0) is 15.1 Å². The monoisotopic (exact) mass is 311 g/mol. The standard InChI is InChI=1S/C19H21NO3/c1-23-19(15-8-4-2-5-9-15,16-10-6-3-7-11-16)17-12-14(13-20-17)18(21)22/h2-11,14,17,20H,12-13H2,1H3,(H,21,22)/t14-,17+/m1/s1. The Morgan fingerprint density at radius 1 is 1.09 bits per heavy atom. The molecule has 0 bridgehead atoms. The van der Waals surface area contributed by atoms with Crippen LogP contribution in [0.3, 0.4) is 0 Å². The van der Waals surface area contributed by atoms with Gasteiger partial charge < -0.3 is 15.2 Å². The van der Waals surface area contributed by atoms with E-state index in [1.54, 1.807) is 7.11 Å². The molecule has 2 aromatic carbocycles. The third kappa shape index (κ3) is 2.76. The Kier molecular flexibility index (Phi) is 4.46. The summed E-state index contributed by atoms with van der Waals surface area (Å²) in [7, 11) is 1.69. The number of ether oxygens (including phenoxy) is 1. The van der Waals surface area contributed by atoms with E-state index in [0.717, 1.165) is 11.1 Å². The van der Waals surface area contributed by atoms with Crippen LogP contribution >= 0.6 is 0 Å². The topological polar surface area (TPSA) is 58.6 Å². The molecule has 0 aromatic heterocycles. The van der Waals surface area contributed by atoms with Gasteiger partial charge in [0.2, 0.25) is 0 Å². The number of carboxylic acids is 1. The molecule has 0 aliphatic carbocycles. The molecule has 1 aliphatic heterocycles. The number of aliphatic carboxylic acids is 1. The van der Waals surface area contributed by atoms with E-state index in [-0.39, 0.29) is 12.0 Å². The number of carboxylic acid groups (broad SMARTS) is 1. The molecule has 0 spiro atoms. The zero-order valence-corrected chi connectivity index (χ0v) is 13.1. The molecule has 1 saturated heterocycles. The second-order valence-electron chi connectivity index (χ2n) is 5.90. The molecule has 1 aliphatic rings. The van der Waals surface area contributed by atoms with Gasteiger partial charge in [0.25, 0.3) is 0 Å². The van der Waals surface area contributed by atoms with Gasteiger partial charge in [-0.1, -0.05) is 60.7 Å². The number of rotatable bonds is 5. The van der Waals surface area contributed by atoms with E-state index < -0.39 is 11.6 Å². The molecule has 4 heteroatoms. The lowest BCUT2D eigenvalue weighted by molar-refractivity contribution is -0.141. The number of hydrogen-bond donors (Lipinski definition) is 2. The second-order valence-corrected chi connectivity index (χ2v) is 5.90. The highest BCUT2D eigenvalue weighted by molar-refractivity contribution is 5.71. The fourth-order valence-corrected chi connectivity index (χ4v) is 3.55. The predicted octanol–water partition coefficient (Wildman–Crippen LogP) is 2.64. The molecule has 3 rings (SSSR count). The lowest BCUT2D eigenvalue weighted by Crippen LogP contribution is -2.47. The summed E-state index contributed by atoms with van der Waals surface area (Å²) in [6, 6.07) is 19.9. The fraction of sp³-hybridized carbons (Fsp3) is 0.316. The van der Waals surface area contributed by atoms with Gasteiger partial charge in [0.05, 0.1) is 5.92 Å². The maximum absolute atomic E-state index is 11.4. The van der Waals surface area contributed by atoms with E-state index in [4.69, 9.17) is 4.74 Å². The smallest absolute Gasteiger partial charge is 0.307 e. The van der Waals surface area contributed by atoms with Crippen molar-refractivity contribution in [1.29, 1.82) is 0 Å². The van der Waals surface area contributed by atoms with Crippen molar-refractivity contribution < 1.29 is 14.6 Å². The van der Waals surface area contributed by atoms with Crippen LogP contribution in [0.15, 0.2) is 60.7 Å². The summed E-state index contributed by atoms with van der Waals surface area (Å²) < 4.78 is 6.07. The van der Waals surface area contributed by atoms with Gasteiger partial charge in [-0.15, -0.1) is 0 Å². The van der Waals surface area contributed by atoms with Gasteiger partial charge in [0.1, 0.15) is 5.60 Å². The first kappa shape index (κ1) is 15.7. The Bertz CT molecular complexity index is 617. The van der Waals surface area contributed by atoms with Crippen LogP contribution in [0, 0.1) is 5.92 Å². The van der Waals surface area contributed by atoms with Gasteiger partial charge >= 0.3 is 5.97 Å². The average Bonchev–Trinajstić information content (AvgIpc) is 3.09. The number of methoxy groups -OCH3 is 1. The van der Waals surface area contributed by atoms with Crippen LogP contribution in [0.1, 0.15) is 17.5 Å². The first-order chi connectivity index (χ1) is 11.2. The zero-order valence-electron chi connectivity index (χ0n) is 13.1. The van der Waals surface area contributed by atoms with Crippen molar-refractivity contribution in [2.75, 3.05) is 13.7 Å². The molecule has 4 nitrogen and oxygen atoms in total. The van der Waals surface area contributed by atoms with E-state index in [1.807, 2.05) is 60.7 Å². The van der Waals surface area contributed by atoms with Crippen LogP contribution in [0.4, 0.5) is 0 Å². The second kappa shape index (κ2) is 6.52. The van der Waals surface area contributed by atoms with Crippen molar-refractivity contribution in [3.63, 3.8) is 0 Å². The summed E-state index contributed by atoms with van der Waals surface area (Å²) in [6.07, 6.45) is 0.535. The summed E-state index contributed by atoms with van der Waals surface area (Å²) in [5.41, 5.74) is 1.35. The lowest BCUT2D eigenvalue weighted by atomic mass is 9.78. The Morgan fingerprint density at radius 2 is 1.61 bits per heavy atom. The minimum atomic E-state index is -0.758. The minimum absolute atomic E-state index is 0.0987. The molecule has 0 saturated carbocycles. The van der Waals surface area contributed by atoms with Crippen molar-refractivity contribution in [2.45, 2.75) is 18.1 Å². The summed E-state index contributed by atoms with van der Waals surface area (Å²) in [5, 5.41) is 12.7. The average molecular weight is 311 g/mol. The van der Waals surface area contributed by atoms with Gasteiger partial charge in [0.15, 0.2) is 0 Å². The molecule has 1 heterocycles. The molecule has 120 valence electrons. The molecule has 2 atom stereocenters. The summed E-state index contributed by atoms with van der Waals surface area (Å²) in [6.45, 7) is 0.463. The van der Waals surface area contributed by atoms with Gasteiger partial charge in [-0.2, -0.15) is 0 Å². The molecule has 23 heavy (non-hydrogen) atoms. The number of hydrogen-bond acceptors (Lipinski definition) is 3. The summed E-state index contributed by atoms with van der Waals surface area (Å²) in [4.78, 5) is 11.4. The summed E-state index contributed by atoms with van der Waals surface area (Å²) in [5.74, 6) is -1.15. The van der Waals surface area contributed by atoms with Crippen molar-refractivity contribution in [2.24, 2.45) is 5.92 Å². The van der Waals surface area contributed by atoms with Crippen molar-refractivity contribution in [3.05, 3.63) is 71.8 Å². The highest BCUT2D eigenvalue weighted by Gasteiger charge is 2.47. The van der Waals surface area contributed by atoms with E-state index in [2.05, 4.69) is 5.32 Å². The molecule has 0 radical (unpaired) electrons. The SMILES string of the molecule is COC(c1ccccc1)(c1ccccc1)[C@@H]1C[C@@H](C(=O)O)CN1. The van der Waals surface area contributed by atoms with Gasteiger partial charge in [-0.3, -0.25) is 4.79 Å². The molecular weight excluding hydrogens is 290 g/mol. The van der Waals surface area contributed by atoms with Crippen molar-refractivity contribution in [1.82, 2.24) is 5.32 Å². The molecule has 2 N–H and O–H groups in total. The van der Waals surface area contributed by atoms with Crippen LogP contribution in [-0.4, -0.2) is 30.8 Å². The number of carbonyl (C=O) groups is 1. The zero-order chi connectivity index (χ0) is 16.3. The molecule has 1 fully saturated rings. The van der Waals surface area contributed by atoms with Crippen molar-refractivity contribution >= 4 is 5.97 Å². The Balaban J connectivity index is 2.09. The fourth-order valence-electron chi connectivity index (χ4n) is 3.55. The van der Waals surface area contributed by atoms with Gasteiger partial charge in [-0.05, 0) is 17.5 Å². The Hall–Kier alpha value is -2.17. The van der Waals surface area contributed by atoms with E-state index in [1.165, 1.54) is 0 Å². The minimum Gasteiger partial charge on any atom is -0.481 e. The largest absolute Gasteiger partial charge is 0.481 e. The molecule has 2 aromatic rings. The van der Waals surface area contributed by atoms with E-state index >= 15 is 0 Å². The quantitative estimate of drug-likeness (QED) is 0.891. The highest BCUT2D eigenvalue weighted by atomic mass is 16.5. The normalized spacial score (nSPS) is 21.3. The van der Waals surface area contributed by atoms with Gasteiger partial charge in [-0.25, -0.2) is 0 Å². The van der Waals surface area contributed by atoms with Crippen LogP contribution in [0.2, 0.25) is 0 Å². The van der Waals surface area contributed by atoms with Crippen molar-refractivity contribution in [3.8, 4) is 0 Å². The highest BCUT2D eigenvalue weighted by Crippen LogP contribution is 2.40. The first-order valence-electron chi connectivity index (χ1n) is 7.81. The first-order valence-corrected chi connectivity index (χ1v) is 7.81. The Morgan fingerprint density at radius 3 is 2.00 bits per heavy atom. The number of benzene rings is 2. The summed E-state index contributed by atoms with van der Waals surface area (Å²) >= 11 is 0. The van der Waals surface area contributed by atoms with Gasteiger partial charge in [0, 0.05) is 19.7 Å². The maximum atomic E-state index is 11.4. The number of nitrogens with one attached hydrogen (secondary N) is 1. The van der Waals surface area contributed by atoms with Crippen LogP contribution < -0.4 is 5.32 Å².